The van der Waals surface area contributed by atoms with Crippen LogP contribution in [-0.2, 0) is 9.53 Å². The second-order valence-electron chi connectivity index (χ2n) is 8.04. The highest BCUT2D eigenvalue weighted by Crippen LogP contribution is 2.45. The van der Waals surface area contributed by atoms with Crippen LogP contribution in [0.25, 0.3) is 5.57 Å². The Morgan fingerprint density at radius 1 is 1.25 bits per heavy atom. The van der Waals surface area contributed by atoms with E-state index < -0.39 is 6.04 Å². The number of aliphatic hydroxyl groups is 1. The van der Waals surface area contributed by atoms with Gasteiger partial charge in [0.2, 0.25) is 5.91 Å². The lowest BCUT2D eigenvalue weighted by molar-refractivity contribution is -0.154. The third-order valence-electron chi connectivity index (χ3n) is 6.51. The van der Waals surface area contributed by atoms with Crippen molar-refractivity contribution < 1.29 is 14.6 Å². The molecule has 0 unspecified atom stereocenters. The molecule has 0 radical (unpaired) electrons. The van der Waals surface area contributed by atoms with Gasteiger partial charge in [-0.1, -0.05) is 30.3 Å². The summed E-state index contributed by atoms with van der Waals surface area (Å²) in [5.41, 5.74) is 3.62. The average Bonchev–Trinajstić information content (AvgIpc) is 2.75. The van der Waals surface area contributed by atoms with Crippen molar-refractivity contribution in [3.63, 3.8) is 0 Å². The van der Waals surface area contributed by atoms with Gasteiger partial charge in [-0.05, 0) is 55.2 Å². The molecule has 2 aliphatic heterocycles. The number of hydrogen-bond acceptors (Lipinski definition) is 4. The third kappa shape index (κ3) is 3.36. The summed E-state index contributed by atoms with van der Waals surface area (Å²) in [5, 5.41) is 20.0. The maximum Gasteiger partial charge on any atom is 0.227 e. The van der Waals surface area contributed by atoms with Gasteiger partial charge in [-0.15, -0.1) is 0 Å². The molecule has 3 aliphatic rings. The molecule has 2 heterocycles. The summed E-state index contributed by atoms with van der Waals surface area (Å²) >= 11 is 0. The molecule has 5 nitrogen and oxygen atoms in total. The topological polar surface area (TPSA) is 73.6 Å². The largest absolute Gasteiger partial charge is 0.394 e. The van der Waals surface area contributed by atoms with Crippen molar-refractivity contribution in [3.05, 3.63) is 41.5 Å². The molecular formula is C23H28N2O3. The molecule has 0 spiro atoms. The number of carbonyl (C=O) groups is 1. The van der Waals surface area contributed by atoms with Crippen molar-refractivity contribution >= 4 is 11.5 Å². The number of benzene rings is 1. The van der Waals surface area contributed by atoms with Gasteiger partial charge in [0, 0.05) is 25.0 Å². The Kier molecular flexibility index (Phi) is 5.79. The number of nitriles is 1. The fourth-order valence-corrected chi connectivity index (χ4v) is 5.00. The van der Waals surface area contributed by atoms with Crippen LogP contribution in [0.3, 0.4) is 0 Å². The number of amides is 1. The molecule has 1 amide bonds. The number of aliphatic hydroxyl groups excluding tert-OH is 1. The zero-order valence-electron chi connectivity index (χ0n) is 16.2. The fraction of sp³-hybridized carbons (Fsp3) is 0.565. The Bertz CT molecular complexity index is 791. The molecule has 28 heavy (non-hydrogen) atoms. The minimum atomic E-state index is -0.516. The first-order valence-electron chi connectivity index (χ1n) is 10.4. The van der Waals surface area contributed by atoms with Crippen LogP contribution in [0.1, 0.15) is 55.6 Å². The fourth-order valence-electron chi connectivity index (χ4n) is 5.00. The predicted molar refractivity (Wildman–Crippen MR) is 106 cm³/mol. The van der Waals surface area contributed by atoms with E-state index in [9.17, 15) is 15.2 Å². The van der Waals surface area contributed by atoms with Crippen LogP contribution in [0.15, 0.2) is 30.3 Å². The summed E-state index contributed by atoms with van der Waals surface area (Å²) in [6, 6.07) is 9.73. The van der Waals surface area contributed by atoms with E-state index in [0.717, 1.165) is 18.4 Å². The van der Waals surface area contributed by atoms with Crippen molar-refractivity contribution in [1.29, 1.82) is 5.26 Å². The molecule has 3 atom stereocenters. The second-order valence-corrected chi connectivity index (χ2v) is 8.04. The monoisotopic (exact) mass is 380 g/mol. The highest BCUT2D eigenvalue weighted by atomic mass is 16.5. The normalized spacial score (nSPS) is 28.2. The van der Waals surface area contributed by atoms with Crippen LogP contribution < -0.4 is 0 Å². The van der Waals surface area contributed by atoms with Crippen molar-refractivity contribution in [2.75, 3.05) is 19.8 Å². The predicted octanol–water partition coefficient (Wildman–Crippen LogP) is 3.25. The van der Waals surface area contributed by atoms with Crippen LogP contribution in [0, 0.1) is 17.2 Å². The van der Waals surface area contributed by atoms with Crippen LogP contribution in [-0.4, -0.2) is 47.8 Å². The maximum atomic E-state index is 13.1. The summed E-state index contributed by atoms with van der Waals surface area (Å²) in [5.74, 6) is -0.242. The van der Waals surface area contributed by atoms with E-state index in [1.165, 1.54) is 24.0 Å². The average molecular weight is 380 g/mol. The molecule has 1 aromatic carbocycles. The molecule has 5 heteroatoms. The lowest BCUT2D eigenvalue weighted by Gasteiger charge is -2.53. The molecule has 0 bridgehead atoms. The summed E-state index contributed by atoms with van der Waals surface area (Å²) in [6.45, 7) is 1.06. The van der Waals surface area contributed by atoms with Crippen molar-refractivity contribution in [3.8, 4) is 6.07 Å². The summed E-state index contributed by atoms with van der Waals surface area (Å²) in [7, 11) is 0. The molecule has 1 N–H and O–H groups in total. The molecule has 1 aromatic rings. The first kappa shape index (κ1) is 19.2. The van der Waals surface area contributed by atoms with Crippen LogP contribution in [0.4, 0.5) is 0 Å². The lowest BCUT2D eigenvalue weighted by Crippen LogP contribution is -2.66. The quantitative estimate of drug-likeness (QED) is 0.870. The van der Waals surface area contributed by atoms with E-state index in [1.807, 2.05) is 12.1 Å². The zero-order chi connectivity index (χ0) is 19.5. The van der Waals surface area contributed by atoms with Crippen LogP contribution in [0.2, 0.25) is 0 Å². The van der Waals surface area contributed by atoms with Gasteiger partial charge in [-0.25, -0.2) is 0 Å². The van der Waals surface area contributed by atoms with Gasteiger partial charge in [-0.2, -0.15) is 5.26 Å². The highest BCUT2D eigenvalue weighted by Gasteiger charge is 2.53. The minimum Gasteiger partial charge on any atom is -0.394 e. The van der Waals surface area contributed by atoms with Gasteiger partial charge in [0.1, 0.15) is 6.04 Å². The van der Waals surface area contributed by atoms with E-state index >= 15 is 0 Å². The molecule has 0 saturated carbocycles. The van der Waals surface area contributed by atoms with Crippen LogP contribution in [0.5, 0.6) is 0 Å². The van der Waals surface area contributed by atoms with E-state index in [0.29, 0.717) is 26.1 Å². The van der Waals surface area contributed by atoms with Gasteiger partial charge in [0.25, 0.3) is 0 Å². The van der Waals surface area contributed by atoms with E-state index in [2.05, 4.69) is 24.3 Å². The third-order valence-corrected chi connectivity index (χ3v) is 6.51. The van der Waals surface area contributed by atoms with Gasteiger partial charge < -0.3 is 14.7 Å². The number of carbonyl (C=O) groups excluding carboxylic acids is 1. The maximum absolute atomic E-state index is 13.1. The molecule has 2 saturated heterocycles. The number of likely N-dealkylation sites (tertiary alicyclic amines) is 1. The lowest BCUT2D eigenvalue weighted by atomic mass is 9.72. The SMILES string of the molecule is N#C[C@H]1[C@H](c2ccccc2C2=CCCCC2)[C@H](CO)N1C(=O)C1CCOCC1. The van der Waals surface area contributed by atoms with E-state index in [4.69, 9.17) is 4.74 Å². The van der Waals surface area contributed by atoms with Gasteiger partial charge in [0.05, 0.1) is 18.7 Å². The number of hydrogen-bond donors (Lipinski definition) is 1. The van der Waals surface area contributed by atoms with Crippen molar-refractivity contribution in [1.82, 2.24) is 4.90 Å². The smallest absolute Gasteiger partial charge is 0.227 e. The summed E-state index contributed by atoms with van der Waals surface area (Å²) in [4.78, 5) is 14.7. The standard InChI is InChI=1S/C23H28N2O3/c24-14-20-22(19-9-5-4-8-18(19)16-6-2-1-3-7-16)21(15-26)25(20)23(27)17-10-12-28-13-11-17/h4-6,8-9,17,20-22,26H,1-3,7,10-13,15H2/t20-,21-,22-/m0/s1. The first-order valence-corrected chi connectivity index (χ1v) is 10.4. The molecular weight excluding hydrogens is 352 g/mol. The Labute approximate surface area is 166 Å². The molecule has 2 fully saturated rings. The molecule has 148 valence electrons. The Balaban J connectivity index is 1.63. The summed E-state index contributed by atoms with van der Waals surface area (Å²) in [6.07, 6.45) is 8.25. The second kappa shape index (κ2) is 8.46. The van der Waals surface area contributed by atoms with E-state index in [1.54, 1.807) is 4.90 Å². The zero-order valence-corrected chi connectivity index (χ0v) is 16.2. The Hall–Kier alpha value is -2.16. The van der Waals surface area contributed by atoms with Gasteiger partial charge in [-0.3, -0.25) is 4.79 Å². The summed E-state index contributed by atoms with van der Waals surface area (Å²) < 4.78 is 5.37. The number of allylic oxidation sites excluding steroid dienone is 2. The highest BCUT2D eigenvalue weighted by molar-refractivity contribution is 5.82. The molecule has 4 rings (SSSR count). The van der Waals surface area contributed by atoms with Gasteiger partial charge in [0.15, 0.2) is 0 Å². The van der Waals surface area contributed by atoms with Crippen molar-refractivity contribution in [2.45, 2.75) is 56.5 Å². The Morgan fingerprint density at radius 2 is 2.04 bits per heavy atom. The number of nitrogens with zero attached hydrogens (tertiary/aromatic N) is 2. The minimum absolute atomic E-state index is 0.000451. The van der Waals surface area contributed by atoms with E-state index in [-0.39, 0.29) is 30.4 Å². The molecule has 0 aromatic heterocycles. The first-order chi connectivity index (χ1) is 13.8. The Morgan fingerprint density at radius 3 is 2.71 bits per heavy atom. The number of rotatable bonds is 4. The van der Waals surface area contributed by atoms with Crippen LogP contribution >= 0.6 is 0 Å². The van der Waals surface area contributed by atoms with Crippen molar-refractivity contribution in [2.24, 2.45) is 5.92 Å². The van der Waals surface area contributed by atoms with Gasteiger partial charge >= 0.3 is 0 Å². The molecule has 1 aliphatic carbocycles. The number of ether oxygens (including phenoxy) is 1.